The quantitative estimate of drug-likeness (QED) is 0.591. The van der Waals surface area contributed by atoms with Crippen molar-refractivity contribution in [2.45, 2.75) is 45.6 Å². The highest BCUT2D eigenvalue weighted by Crippen LogP contribution is 2.42. The van der Waals surface area contributed by atoms with Crippen molar-refractivity contribution in [1.82, 2.24) is 4.90 Å². The van der Waals surface area contributed by atoms with Crippen molar-refractivity contribution in [3.63, 3.8) is 0 Å². The summed E-state index contributed by atoms with van der Waals surface area (Å²) >= 11 is 0. The van der Waals surface area contributed by atoms with Gasteiger partial charge in [-0.1, -0.05) is 12.1 Å². The molecule has 1 aromatic rings. The standard InChI is InChI=1S/C19H27N3O4/c1-18(2,3)26-17(23)21-13-10-19(14-21)8-11-20(12-9-19)15-6-4-5-7-16(15)22(24)25/h4-7H,8-14H2,1-3H3. The molecule has 2 saturated heterocycles. The van der Waals surface area contributed by atoms with Crippen molar-refractivity contribution in [2.24, 2.45) is 5.41 Å². The zero-order valence-electron chi connectivity index (χ0n) is 15.7. The molecule has 1 spiro atoms. The molecule has 7 heteroatoms. The second kappa shape index (κ2) is 6.78. The molecule has 0 N–H and O–H groups in total. The number of ether oxygens (including phenoxy) is 1. The highest BCUT2D eigenvalue weighted by molar-refractivity contribution is 5.68. The molecular weight excluding hydrogens is 334 g/mol. The monoisotopic (exact) mass is 361 g/mol. The summed E-state index contributed by atoms with van der Waals surface area (Å²) in [5.74, 6) is 0. The van der Waals surface area contributed by atoms with Crippen LogP contribution < -0.4 is 4.90 Å². The predicted octanol–water partition coefficient (Wildman–Crippen LogP) is 3.82. The second-order valence-corrected chi connectivity index (χ2v) is 8.38. The fourth-order valence-corrected chi connectivity index (χ4v) is 3.93. The average Bonchev–Trinajstić information content (AvgIpc) is 2.98. The predicted molar refractivity (Wildman–Crippen MR) is 99.4 cm³/mol. The van der Waals surface area contributed by atoms with Gasteiger partial charge in [0.15, 0.2) is 0 Å². The number of likely N-dealkylation sites (tertiary alicyclic amines) is 1. The number of hydrogen-bond donors (Lipinski definition) is 0. The number of nitro groups is 1. The van der Waals surface area contributed by atoms with E-state index in [2.05, 4.69) is 4.90 Å². The number of piperidine rings is 1. The zero-order chi connectivity index (χ0) is 18.9. The highest BCUT2D eigenvalue weighted by atomic mass is 16.6. The van der Waals surface area contributed by atoms with Gasteiger partial charge >= 0.3 is 6.09 Å². The lowest BCUT2D eigenvalue weighted by Gasteiger charge is -2.40. The first kappa shape index (κ1) is 18.5. The van der Waals surface area contributed by atoms with Crippen molar-refractivity contribution in [3.8, 4) is 0 Å². The molecule has 0 aliphatic carbocycles. The summed E-state index contributed by atoms with van der Waals surface area (Å²) in [4.78, 5) is 27.2. The molecule has 0 aromatic heterocycles. The average molecular weight is 361 g/mol. The van der Waals surface area contributed by atoms with Crippen LogP contribution in [0.25, 0.3) is 0 Å². The SMILES string of the molecule is CC(C)(C)OC(=O)N1CCC2(CCN(c3ccccc3[N+](=O)[O-])CC2)C1. The number of amides is 1. The number of carbonyl (C=O) groups excluding carboxylic acids is 1. The van der Waals surface area contributed by atoms with Gasteiger partial charge in [-0.25, -0.2) is 4.79 Å². The van der Waals surface area contributed by atoms with E-state index in [1.54, 1.807) is 12.1 Å². The van der Waals surface area contributed by atoms with Gasteiger partial charge in [-0.2, -0.15) is 0 Å². The Labute approximate surface area is 154 Å². The van der Waals surface area contributed by atoms with E-state index in [-0.39, 0.29) is 22.1 Å². The molecule has 0 unspecified atom stereocenters. The summed E-state index contributed by atoms with van der Waals surface area (Å²) in [6.07, 6.45) is 2.59. The summed E-state index contributed by atoms with van der Waals surface area (Å²) in [5.41, 5.74) is 0.471. The Morgan fingerprint density at radius 3 is 2.38 bits per heavy atom. The van der Waals surface area contributed by atoms with Crippen LogP contribution in [0.3, 0.4) is 0 Å². The maximum absolute atomic E-state index is 12.3. The van der Waals surface area contributed by atoms with Gasteiger partial charge < -0.3 is 14.5 Å². The van der Waals surface area contributed by atoms with E-state index in [9.17, 15) is 14.9 Å². The summed E-state index contributed by atoms with van der Waals surface area (Å²) in [7, 11) is 0. The molecule has 1 aromatic carbocycles. The number of nitrogens with zero attached hydrogens (tertiary/aromatic N) is 3. The fraction of sp³-hybridized carbons (Fsp3) is 0.632. The number of nitro benzene ring substituents is 1. The largest absolute Gasteiger partial charge is 0.444 e. The number of rotatable bonds is 2. The minimum atomic E-state index is -0.484. The molecule has 3 rings (SSSR count). The maximum Gasteiger partial charge on any atom is 0.410 e. The van der Waals surface area contributed by atoms with E-state index < -0.39 is 5.60 Å². The van der Waals surface area contributed by atoms with Crippen LogP contribution in [0, 0.1) is 15.5 Å². The summed E-state index contributed by atoms with van der Waals surface area (Å²) in [5, 5.41) is 11.3. The smallest absolute Gasteiger partial charge is 0.410 e. The van der Waals surface area contributed by atoms with Gasteiger partial charge in [-0.05, 0) is 51.5 Å². The van der Waals surface area contributed by atoms with E-state index in [0.29, 0.717) is 12.2 Å². The normalized spacial score (nSPS) is 19.7. The number of para-hydroxylation sites is 2. The Morgan fingerprint density at radius 2 is 1.77 bits per heavy atom. The molecule has 7 nitrogen and oxygen atoms in total. The lowest BCUT2D eigenvalue weighted by molar-refractivity contribution is -0.384. The minimum Gasteiger partial charge on any atom is -0.444 e. The fourth-order valence-electron chi connectivity index (χ4n) is 3.93. The van der Waals surface area contributed by atoms with Crippen LogP contribution in [0.15, 0.2) is 24.3 Å². The van der Waals surface area contributed by atoms with Crippen LogP contribution in [-0.2, 0) is 4.74 Å². The Kier molecular flexibility index (Phi) is 4.82. The topological polar surface area (TPSA) is 75.9 Å². The molecule has 2 aliphatic rings. The van der Waals surface area contributed by atoms with Crippen molar-refractivity contribution < 1.29 is 14.5 Å². The van der Waals surface area contributed by atoms with Crippen LogP contribution in [0.4, 0.5) is 16.2 Å². The van der Waals surface area contributed by atoms with Gasteiger partial charge in [0, 0.05) is 32.2 Å². The van der Waals surface area contributed by atoms with Crippen molar-refractivity contribution in [1.29, 1.82) is 0 Å². The number of hydrogen-bond acceptors (Lipinski definition) is 5. The summed E-state index contributed by atoms with van der Waals surface area (Å²) in [6, 6.07) is 6.91. The summed E-state index contributed by atoms with van der Waals surface area (Å²) < 4.78 is 5.49. The molecule has 1 amide bonds. The molecule has 0 radical (unpaired) electrons. The highest BCUT2D eigenvalue weighted by Gasteiger charge is 2.43. The first-order valence-electron chi connectivity index (χ1n) is 9.15. The van der Waals surface area contributed by atoms with Gasteiger partial charge in [0.05, 0.1) is 4.92 Å². The van der Waals surface area contributed by atoms with Gasteiger partial charge in [0.25, 0.3) is 5.69 Å². The van der Waals surface area contributed by atoms with E-state index in [0.717, 1.165) is 38.9 Å². The first-order valence-corrected chi connectivity index (χ1v) is 9.15. The van der Waals surface area contributed by atoms with Crippen molar-refractivity contribution in [3.05, 3.63) is 34.4 Å². The van der Waals surface area contributed by atoms with E-state index in [1.165, 1.54) is 0 Å². The molecule has 2 fully saturated rings. The maximum atomic E-state index is 12.3. The Morgan fingerprint density at radius 1 is 1.15 bits per heavy atom. The number of benzene rings is 1. The van der Waals surface area contributed by atoms with E-state index in [4.69, 9.17) is 4.74 Å². The van der Waals surface area contributed by atoms with Crippen LogP contribution >= 0.6 is 0 Å². The van der Waals surface area contributed by atoms with Crippen LogP contribution in [0.5, 0.6) is 0 Å². The Balaban J connectivity index is 1.63. The zero-order valence-corrected chi connectivity index (χ0v) is 15.7. The Bertz CT molecular complexity index is 690. The minimum absolute atomic E-state index is 0.108. The van der Waals surface area contributed by atoms with Gasteiger partial charge in [-0.3, -0.25) is 10.1 Å². The number of anilines is 1. The first-order chi connectivity index (χ1) is 12.2. The lowest BCUT2D eigenvalue weighted by Crippen LogP contribution is -2.43. The van der Waals surface area contributed by atoms with Crippen LogP contribution in [0.2, 0.25) is 0 Å². The molecular formula is C19H27N3O4. The van der Waals surface area contributed by atoms with Crippen molar-refractivity contribution in [2.75, 3.05) is 31.1 Å². The second-order valence-electron chi connectivity index (χ2n) is 8.38. The molecule has 0 bridgehead atoms. The Hall–Kier alpha value is -2.31. The third-order valence-electron chi connectivity index (χ3n) is 5.33. The lowest BCUT2D eigenvalue weighted by atomic mass is 9.77. The van der Waals surface area contributed by atoms with Gasteiger partial charge in [0.2, 0.25) is 0 Å². The molecule has 2 aliphatic heterocycles. The third-order valence-corrected chi connectivity index (χ3v) is 5.33. The molecule has 2 heterocycles. The summed E-state index contributed by atoms with van der Waals surface area (Å²) in [6.45, 7) is 8.61. The van der Waals surface area contributed by atoms with Gasteiger partial charge in [-0.15, -0.1) is 0 Å². The van der Waals surface area contributed by atoms with Gasteiger partial charge in [0.1, 0.15) is 11.3 Å². The van der Waals surface area contributed by atoms with Crippen LogP contribution in [-0.4, -0.2) is 47.7 Å². The van der Waals surface area contributed by atoms with E-state index >= 15 is 0 Å². The molecule has 142 valence electrons. The van der Waals surface area contributed by atoms with Crippen LogP contribution in [0.1, 0.15) is 40.0 Å². The van der Waals surface area contributed by atoms with E-state index in [1.807, 2.05) is 37.8 Å². The molecule has 0 atom stereocenters. The molecule has 0 saturated carbocycles. The van der Waals surface area contributed by atoms with Crippen molar-refractivity contribution >= 4 is 17.5 Å². The third kappa shape index (κ3) is 3.92. The number of carbonyl (C=O) groups is 1. The molecule has 26 heavy (non-hydrogen) atoms.